The van der Waals surface area contributed by atoms with Crippen molar-refractivity contribution in [3.05, 3.63) is 40.8 Å². The number of nitrogens with zero attached hydrogens (tertiary/aromatic N) is 3. The maximum atomic E-state index is 13.5. The van der Waals surface area contributed by atoms with Gasteiger partial charge in [0, 0.05) is 6.20 Å². The van der Waals surface area contributed by atoms with Gasteiger partial charge < -0.3 is 15.5 Å². The second-order valence-corrected chi connectivity index (χ2v) is 5.79. The first-order valence-electron chi connectivity index (χ1n) is 6.95. The lowest BCUT2D eigenvalue weighted by molar-refractivity contribution is -0.155. The summed E-state index contributed by atoms with van der Waals surface area (Å²) in [6.07, 6.45) is -3.13. The average molecular weight is 393 g/mol. The number of hydrogen-bond acceptors (Lipinski definition) is 5. The van der Waals surface area contributed by atoms with Gasteiger partial charge in [0.25, 0.3) is 5.91 Å². The molecule has 0 bridgehead atoms. The van der Waals surface area contributed by atoms with Crippen molar-refractivity contribution in [1.82, 2.24) is 20.1 Å². The molecule has 0 aliphatic rings. The minimum absolute atomic E-state index is 0.123. The number of aromatic nitrogens is 3. The van der Waals surface area contributed by atoms with Gasteiger partial charge in [0.1, 0.15) is 0 Å². The molecular formula is C14H12ClF3N4O4. The minimum Gasteiger partial charge on any atom is -0.479 e. The Labute approximate surface area is 149 Å². The SMILES string of the molecule is CC(O)(CNC(=O)c1cnn(-c2ncccc2Cl)c1C(F)(F)F)C(=O)O. The third kappa shape index (κ3) is 3.94. The molecule has 1 amide bonds. The summed E-state index contributed by atoms with van der Waals surface area (Å²) in [5.41, 5.74) is -4.67. The zero-order valence-electron chi connectivity index (χ0n) is 13.1. The number of amides is 1. The van der Waals surface area contributed by atoms with Crippen LogP contribution in [-0.2, 0) is 11.0 Å². The van der Waals surface area contributed by atoms with Crippen LogP contribution in [0.1, 0.15) is 23.0 Å². The van der Waals surface area contributed by atoms with Crippen LogP contribution in [0.25, 0.3) is 5.82 Å². The number of carboxylic acid groups (broad SMARTS) is 1. The molecule has 3 N–H and O–H groups in total. The van der Waals surface area contributed by atoms with Crippen LogP contribution in [0.2, 0.25) is 5.02 Å². The van der Waals surface area contributed by atoms with E-state index < -0.39 is 41.5 Å². The molecule has 8 nitrogen and oxygen atoms in total. The van der Waals surface area contributed by atoms with Crippen molar-refractivity contribution in [1.29, 1.82) is 0 Å². The molecule has 140 valence electrons. The zero-order chi connectivity index (χ0) is 19.7. The normalized spacial score (nSPS) is 13.9. The van der Waals surface area contributed by atoms with Gasteiger partial charge in [-0.15, -0.1) is 0 Å². The Morgan fingerprint density at radius 3 is 2.58 bits per heavy atom. The van der Waals surface area contributed by atoms with Gasteiger partial charge in [-0.05, 0) is 19.1 Å². The highest BCUT2D eigenvalue weighted by atomic mass is 35.5. The first-order chi connectivity index (χ1) is 11.9. The highest BCUT2D eigenvalue weighted by molar-refractivity contribution is 6.32. The first kappa shape index (κ1) is 19.7. The molecule has 0 fully saturated rings. The smallest absolute Gasteiger partial charge is 0.434 e. The number of carbonyl (C=O) groups is 2. The van der Waals surface area contributed by atoms with Crippen LogP contribution >= 0.6 is 11.6 Å². The number of carbonyl (C=O) groups excluding carboxylic acids is 1. The molecule has 0 aliphatic heterocycles. The number of aliphatic carboxylic acids is 1. The molecule has 2 aromatic heterocycles. The molecule has 0 aliphatic carbocycles. The van der Waals surface area contributed by atoms with Crippen LogP contribution < -0.4 is 5.32 Å². The van der Waals surface area contributed by atoms with Crippen molar-refractivity contribution in [3.63, 3.8) is 0 Å². The fraction of sp³-hybridized carbons (Fsp3) is 0.286. The van der Waals surface area contributed by atoms with E-state index in [1.807, 2.05) is 5.32 Å². The van der Waals surface area contributed by atoms with Crippen LogP contribution in [0.15, 0.2) is 24.5 Å². The Bertz CT molecular complexity index is 851. The fourth-order valence-electron chi connectivity index (χ4n) is 1.90. The van der Waals surface area contributed by atoms with E-state index in [2.05, 4.69) is 10.1 Å². The summed E-state index contributed by atoms with van der Waals surface area (Å²) in [6, 6.07) is 2.71. The number of carboxylic acids is 1. The van der Waals surface area contributed by atoms with Crippen molar-refractivity contribution in [2.75, 3.05) is 6.54 Å². The lowest BCUT2D eigenvalue weighted by Crippen LogP contribution is -2.46. The van der Waals surface area contributed by atoms with E-state index in [-0.39, 0.29) is 10.8 Å². The van der Waals surface area contributed by atoms with E-state index >= 15 is 0 Å². The van der Waals surface area contributed by atoms with E-state index in [1.54, 1.807) is 0 Å². The lowest BCUT2D eigenvalue weighted by Gasteiger charge is -2.18. The molecule has 2 heterocycles. The molecule has 0 spiro atoms. The van der Waals surface area contributed by atoms with Gasteiger partial charge in [0.15, 0.2) is 17.1 Å². The van der Waals surface area contributed by atoms with Gasteiger partial charge in [-0.2, -0.15) is 18.3 Å². The molecule has 0 saturated carbocycles. The number of hydrogen-bond donors (Lipinski definition) is 3. The summed E-state index contributed by atoms with van der Waals surface area (Å²) >= 11 is 5.84. The minimum atomic E-state index is -4.99. The topological polar surface area (TPSA) is 117 Å². The molecule has 2 aromatic rings. The standard InChI is InChI=1S/C14H12ClF3N4O4/c1-13(26,12(24)25)6-20-11(23)7-5-21-22(9(7)14(16,17)18)10-8(15)3-2-4-19-10/h2-5,26H,6H2,1H3,(H,20,23)(H,24,25). The van der Waals surface area contributed by atoms with Crippen molar-refractivity contribution >= 4 is 23.5 Å². The average Bonchev–Trinajstić information content (AvgIpc) is 2.98. The Morgan fingerprint density at radius 2 is 2.04 bits per heavy atom. The number of nitrogens with one attached hydrogen (secondary N) is 1. The Balaban J connectivity index is 2.43. The van der Waals surface area contributed by atoms with Crippen LogP contribution in [0.5, 0.6) is 0 Å². The molecule has 0 saturated heterocycles. The van der Waals surface area contributed by atoms with Gasteiger partial charge in [-0.25, -0.2) is 14.5 Å². The summed E-state index contributed by atoms with van der Waals surface area (Å²) in [6.45, 7) is 0.0748. The number of halogens is 4. The summed E-state index contributed by atoms with van der Waals surface area (Å²) < 4.78 is 40.8. The second-order valence-electron chi connectivity index (χ2n) is 5.39. The third-order valence-electron chi connectivity index (χ3n) is 3.28. The van der Waals surface area contributed by atoms with E-state index in [0.717, 1.165) is 6.92 Å². The molecule has 2 rings (SSSR count). The lowest BCUT2D eigenvalue weighted by atomic mass is 10.1. The van der Waals surface area contributed by atoms with Gasteiger partial charge in [-0.3, -0.25) is 4.79 Å². The maximum absolute atomic E-state index is 13.5. The highest BCUT2D eigenvalue weighted by Crippen LogP contribution is 2.34. The maximum Gasteiger partial charge on any atom is 0.434 e. The summed E-state index contributed by atoms with van der Waals surface area (Å²) in [4.78, 5) is 26.6. The Hall–Kier alpha value is -2.66. The van der Waals surface area contributed by atoms with Crippen LogP contribution in [-0.4, -0.2) is 49.0 Å². The van der Waals surface area contributed by atoms with E-state index in [0.29, 0.717) is 10.9 Å². The number of pyridine rings is 1. The van der Waals surface area contributed by atoms with Gasteiger partial charge in [0.2, 0.25) is 0 Å². The summed E-state index contributed by atoms with van der Waals surface area (Å²) in [5, 5.41) is 23.7. The second kappa shape index (κ2) is 6.92. The molecule has 12 heteroatoms. The van der Waals surface area contributed by atoms with E-state index in [1.165, 1.54) is 18.3 Å². The molecule has 1 unspecified atom stereocenters. The van der Waals surface area contributed by atoms with Crippen LogP contribution in [0, 0.1) is 0 Å². The summed E-state index contributed by atoms with van der Waals surface area (Å²) in [5.74, 6) is -3.25. The molecule has 1 atom stereocenters. The summed E-state index contributed by atoms with van der Waals surface area (Å²) in [7, 11) is 0. The van der Waals surface area contributed by atoms with Crippen molar-refractivity contribution in [3.8, 4) is 5.82 Å². The third-order valence-corrected chi connectivity index (χ3v) is 3.57. The Morgan fingerprint density at radius 1 is 1.38 bits per heavy atom. The van der Waals surface area contributed by atoms with Crippen molar-refractivity contribution < 1.29 is 33.0 Å². The number of aliphatic hydroxyl groups is 1. The molecule has 26 heavy (non-hydrogen) atoms. The van der Waals surface area contributed by atoms with Gasteiger partial charge in [-0.1, -0.05) is 11.6 Å². The zero-order valence-corrected chi connectivity index (χ0v) is 13.8. The van der Waals surface area contributed by atoms with E-state index in [4.69, 9.17) is 16.7 Å². The predicted octanol–water partition coefficient (Wildman–Crippen LogP) is 1.50. The quantitative estimate of drug-likeness (QED) is 0.710. The monoisotopic (exact) mass is 392 g/mol. The van der Waals surface area contributed by atoms with Crippen LogP contribution in [0.3, 0.4) is 0 Å². The molecule has 0 aromatic carbocycles. The first-order valence-corrected chi connectivity index (χ1v) is 7.33. The molecular weight excluding hydrogens is 381 g/mol. The number of alkyl halides is 3. The van der Waals surface area contributed by atoms with Gasteiger partial charge >= 0.3 is 12.1 Å². The van der Waals surface area contributed by atoms with Crippen LogP contribution in [0.4, 0.5) is 13.2 Å². The van der Waals surface area contributed by atoms with Crippen molar-refractivity contribution in [2.24, 2.45) is 0 Å². The largest absolute Gasteiger partial charge is 0.479 e. The fourth-order valence-corrected chi connectivity index (χ4v) is 2.11. The molecule has 0 radical (unpaired) electrons. The number of rotatable bonds is 5. The predicted molar refractivity (Wildman–Crippen MR) is 82.0 cm³/mol. The Kier molecular flexibility index (Phi) is 5.23. The van der Waals surface area contributed by atoms with Gasteiger partial charge in [0.05, 0.1) is 23.3 Å². The highest BCUT2D eigenvalue weighted by Gasteiger charge is 2.41. The van der Waals surface area contributed by atoms with E-state index in [9.17, 15) is 27.9 Å². The van der Waals surface area contributed by atoms with Crippen molar-refractivity contribution in [2.45, 2.75) is 18.7 Å².